The highest BCUT2D eigenvalue weighted by molar-refractivity contribution is 5.63. The molecule has 0 aromatic heterocycles. The van der Waals surface area contributed by atoms with Crippen LogP contribution in [0.4, 0.5) is 8.78 Å². The topological polar surface area (TPSA) is 0 Å². The predicted molar refractivity (Wildman–Crippen MR) is 104 cm³/mol. The molecule has 3 aromatic carbocycles. The van der Waals surface area contributed by atoms with Gasteiger partial charge in [0.25, 0.3) is 0 Å². The van der Waals surface area contributed by atoms with E-state index in [1.54, 1.807) is 6.07 Å². The fraction of sp³-hybridized carbons (Fsp3) is 0.250. The summed E-state index contributed by atoms with van der Waals surface area (Å²) in [5.41, 5.74) is 5.58. The minimum absolute atomic E-state index is 0.693. The molecule has 0 heterocycles. The molecule has 26 heavy (non-hydrogen) atoms. The summed E-state index contributed by atoms with van der Waals surface area (Å²) in [5, 5.41) is 0. The molecule has 2 heteroatoms. The Morgan fingerprint density at radius 3 is 1.62 bits per heavy atom. The molecule has 0 amide bonds. The molecule has 3 rings (SSSR count). The largest absolute Gasteiger partial charge is 0.204 e. The average Bonchev–Trinajstić information content (AvgIpc) is 2.68. The van der Waals surface area contributed by atoms with Crippen LogP contribution < -0.4 is 0 Å². The Balaban J connectivity index is 1.59. The van der Waals surface area contributed by atoms with Crippen molar-refractivity contribution in [2.75, 3.05) is 0 Å². The van der Waals surface area contributed by atoms with Gasteiger partial charge in [0.2, 0.25) is 0 Å². The Morgan fingerprint density at radius 1 is 0.577 bits per heavy atom. The Labute approximate surface area is 154 Å². The summed E-state index contributed by atoms with van der Waals surface area (Å²) in [6.07, 6.45) is 5.58. The highest BCUT2D eigenvalue weighted by atomic mass is 19.2. The van der Waals surface area contributed by atoms with E-state index in [1.807, 2.05) is 12.1 Å². The van der Waals surface area contributed by atoms with E-state index in [9.17, 15) is 8.78 Å². The zero-order valence-electron chi connectivity index (χ0n) is 15.1. The molecule has 0 nitrogen and oxygen atoms in total. The van der Waals surface area contributed by atoms with Gasteiger partial charge in [-0.3, -0.25) is 0 Å². The van der Waals surface area contributed by atoms with Crippen molar-refractivity contribution >= 4 is 0 Å². The normalized spacial score (nSPS) is 10.9. The van der Waals surface area contributed by atoms with Crippen LogP contribution >= 0.6 is 0 Å². The molecule has 3 aromatic rings. The van der Waals surface area contributed by atoms with E-state index in [1.165, 1.54) is 41.7 Å². The molecule has 0 aliphatic heterocycles. The minimum Gasteiger partial charge on any atom is -0.204 e. The number of aryl methyl sites for hydroxylation is 3. The van der Waals surface area contributed by atoms with E-state index in [-0.39, 0.29) is 0 Å². The lowest BCUT2D eigenvalue weighted by molar-refractivity contribution is 0.509. The van der Waals surface area contributed by atoms with Crippen LogP contribution in [0, 0.1) is 11.6 Å². The van der Waals surface area contributed by atoms with Crippen molar-refractivity contribution in [3.8, 4) is 11.1 Å². The van der Waals surface area contributed by atoms with Crippen molar-refractivity contribution in [2.24, 2.45) is 0 Å². The lowest BCUT2D eigenvalue weighted by Gasteiger charge is -2.07. The molecular weight excluding hydrogens is 326 g/mol. The third kappa shape index (κ3) is 4.78. The monoisotopic (exact) mass is 350 g/mol. The SMILES string of the molecule is CCCCc1ccc(CCc2ccc(-c3ccc(F)c(F)c3)cc2)cc1. The first-order valence-electron chi connectivity index (χ1n) is 9.28. The van der Waals surface area contributed by atoms with Crippen LogP contribution in [-0.4, -0.2) is 0 Å². The number of hydrogen-bond acceptors (Lipinski definition) is 0. The van der Waals surface area contributed by atoms with Crippen molar-refractivity contribution in [3.63, 3.8) is 0 Å². The predicted octanol–water partition coefficient (Wildman–Crippen LogP) is 6.76. The molecular formula is C24H24F2. The number of rotatable bonds is 7. The van der Waals surface area contributed by atoms with Crippen LogP contribution in [-0.2, 0) is 19.3 Å². The summed E-state index contributed by atoms with van der Waals surface area (Å²) in [6.45, 7) is 2.21. The fourth-order valence-corrected chi connectivity index (χ4v) is 3.08. The molecule has 0 aliphatic rings. The molecule has 134 valence electrons. The van der Waals surface area contributed by atoms with E-state index < -0.39 is 11.6 Å². The van der Waals surface area contributed by atoms with Crippen LogP contribution in [0.3, 0.4) is 0 Å². The second-order valence-electron chi connectivity index (χ2n) is 6.75. The molecule has 0 saturated carbocycles. The van der Waals surface area contributed by atoms with Gasteiger partial charge in [-0.15, -0.1) is 0 Å². The first-order valence-corrected chi connectivity index (χ1v) is 9.28. The van der Waals surface area contributed by atoms with Crippen LogP contribution in [0.5, 0.6) is 0 Å². The zero-order valence-corrected chi connectivity index (χ0v) is 15.1. The summed E-state index contributed by atoms with van der Waals surface area (Å²) in [4.78, 5) is 0. The molecule has 0 fully saturated rings. The summed E-state index contributed by atoms with van der Waals surface area (Å²) in [6, 6.07) is 21.0. The maximum absolute atomic E-state index is 13.4. The van der Waals surface area contributed by atoms with Crippen LogP contribution in [0.1, 0.15) is 36.5 Å². The Morgan fingerprint density at radius 2 is 1.08 bits per heavy atom. The van der Waals surface area contributed by atoms with Gasteiger partial charge in [-0.2, -0.15) is 0 Å². The van der Waals surface area contributed by atoms with Gasteiger partial charge in [0, 0.05) is 0 Å². The van der Waals surface area contributed by atoms with Crippen LogP contribution in [0.2, 0.25) is 0 Å². The highest BCUT2D eigenvalue weighted by Gasteiger charge is 2.05. The Bertz CT molecular complexity index is 833. The van der Waals surface area contributed by atoms with Gasteiger partial charge in [0.05, 0.1) is 0 Å². The maximum Gasteiger partial charge on any atom is 0.159 e. The van der Waals surface area contributed by atoms with Crippen molar-refractivity contribution in [2.45, 2.75) is 39.0 Å². The Kier molecular flexibility index (Phi) is 6.17. The van der Waals surface area contributed by atoms with Crippen molar-refractivity contribution in [3.05, 3.63) is 95.1 Å². The van der Waals surface area contributed by atoms with Gasteiger partial charge in [0.15, 0.2) is 11.6 Å². The number of halogens is 2. The lowest BCUT2D eigenvalue weighted by Crippen LogP contribution is -1.93. The summed E-state index contributed by atoms with van der Waals surface area (Å²) in [5.74, 6) is -1.62. The van der Waals surface area contributed by atoms with Gasteiger partial charge in [0.1, 0.15) is 0 Å². The highest BCUT2D eigenvalue weighted by Crippen LogP contribution is 2.22. The average molecular weight is 350 g/mol. The number of hydrogen-bond donors (Lipinski definition) is 0. The standard InChI is InChI=1S/C24H24F2/c1-2-3-4-18-5-7-19(8-6-18)9-10-20-11-13-21(14-12-20)22-15-16-23(25)24(26)17-22/h5-8,11-17H,2-4,9-10H2,1H3. The van der Waals surface area contributed by atoms with Crippen molar-refractivity contribution in [1.29, 1.82) is 0 Å². The quantitative estimate of drug-likeness (QED) is 0.441. The third-order valence-electron chi connectivity index (χ3n) is 4.75. The fourth-order valence-electron chi connectivity index (χ4n) is 3.08. The van der Waals surface area contributed by atoms with Crippen LogP contribution in [0.25, 0.3) is 11.1 Å². The zero-order chi connectivity index (χ0) is 18.4. The molecule has 0 radical (unpaired) electrons. The second-order valence-corrected chi connectivity index (χ2v) is 6.75. The molecule has 0 bridgehead atoms. The summed E-state index contributed by atoms with van der Waals surface area (Å²) < 4.78 is 26.4. The van der Waals surface area contributed by atoms with E-state index in [2.05, 4.69) is 43.3 Å². The van der Waals surface area contributed by atoms with E-state index >= 15 is 0 Å². The first-order chi connectivity index (χ1) is 12.7. The first kappa shape index (κ1) is 18.3. The van der Waals surface area contributed by atoms with E-state index in [0.717, 1.165) is 24.8 Å². The smallest absolute Gasteiger partial charge is 0.159 e. The molecule has 0 spiro atoms. The van der Waals surface area contributed by atoms with Crippen molar-refractivity contribution in [1.82, 2.24) is 0 Å². The van der Waals surface area contributed by atoms with E-state index in [0.29, 0.717) is 5.56 Å². The van der Waals surface area contributed by atoms with Crippen molar-refractivity contribution < 1.29 is 8.78 Å². The Hall–Kier alpha value is -2.48. The van der Waals surface area contributed by atoms with Gasteiger partial charge in [-0.05, 0) is 65.6 Å². The molecule has 0 aliphatic carbocycles. The molecule has 0 saturated heterocycles. The number of benzene rings is 3. The maximum atomic E-state index is 13.4. The summed E-state index contributed by atoms with van der Waals surface area (Å²) in [7, 11) is 0. The van der Waals surface area contributed by atoms with Crippen LogP contribution in [0.15, 0.2) is 66.7 Å². The number of unbranched alkanes of at least 4 members (excludes halogenated alkanes) is 1. The van der Waals surface area contributed by atoms with E-state index in [4.69, 9.17) is 0 Å². The minimum atomic E-state index is -0.814. The van der Waals surface area contributed by atoms with Gasteiger partial charge >= 0.3 is 0 Å². The second kappa shape index (κ2) is 8.75. The summed E-state index contributed by atoms with van der Waals surface area (Å²) >= 11 is 0. The van der Waals surface area contributed by atoms with Gasteiger partial charge < -0.3 is 0 Å². The molecule has 0 atom stereocenters. The van der Waals surface area contributed by atoms with Gasteiger partial charge in [-0.1, -0.05) is 67.9 Å². The molecule has 0 N–H and O–H groups in total. The lowest BCUT2D eigenvalue weighted by atomic mass is 9.99. The van der Waals surface area contributed by atoms with Gasteiger partial charge in [-0.25, -0.2) is 8.78 Å². The molecule has 0 unspecified atom stereocenters. The third-order valence-corrected chi connectivity index (χ3v) is 4.75.